The molecule has 0 fully saturated rings. The third-order valence-corrected chi connectivity index (χ3v) is 5.12. The molecule has 0 amide bonds. The van der Waals surface area contributed by atoms with E-state index >= 15 is 0 Å². The van der Waals surface area contributed by atoms with E-state index in [1.165, 1.54) is 0 Å². The average Bonchev–Trinajstić information content (AvgIpc) is 3.53. The fraction of sp³-hybridized carbons (Fsp3) is 0.227. The van der Waals surface area contributed by atoms with Crippen LogP contribution < -0.4 is 5.32 Å². The van der Waals surface area contributed by atoms with Crippen molar-refractivity contribution >= 4 is 17.0 Å². The molecule has 9 heteroatoms. The maximum Gasteiger partial charge on any atom is 0.223 e. The number of anilines is 1. The zero-order valence-corrected chi connectivity index (χ0v) is 17.4. The highest BCUT2D eigenvalue weighted by molar-refractivity contribution is 5.85. The van der Waals surface area contributed by atoms with Crippen LogP contribution >= 0.6 is 0 Å². The zero-order chi connectivity index (χ0) is 21.2. The van der Waals surface area contributed by atoms with Crippen molar-refractivity contribution in [3.63, 3.8) is 0 Å². The van der Waals surface area contributed by atoms with E-state index in [1.807, 2.05) is 47.8 Å². The number of pyridine rings is 1. The van der Waals surface area contributed by atoms with Gasteiger partial charge in [0.1, 0.15) is 11.3 Å². The second-order valence-electron chi connectivity index (χ2n) is 7.65. The third-order valence-electron chi connectivity index (χ3n) is 5.12. The number of rotatable bonds is 7. The molecule has 0 saturated carbocycles. The Morgan fingerprint density at radius 2 is 2.10 bits per heavy atom. The largest absolute Gasteiger partial charge is 0.354 e. The summed E-state index contributed by atoms with van der Waals surface area (Å²) in [4.78, 5) is 16.8. The molecule has 0 aliphatic carbocycles. The molecule has 0 radical (unpaired) electrons. The van der Waals surface area contributed by atoms with E-state index < -0.39 is 0 Å². The molecule has 156 valence electrons. The maximum absolute atomic E-state index is 4.85. The Bertz CT molecular complexity index is 1300. The van der Waals surface area contributed by atoms with Crippen LogP contribution in [0, 0.1) is 0 Å². The fourth-order valence-corrected chi connectivity index (χ4v) is 3.45. The van der Waals surface area contributed by atoms with E-state index in [4.69, 9.17) is 10.1 Å². The summed E-state index contributed by atoms with van der Waals surface area (Å²) in [5, 5.41) is 16.0. The van der Waals surface area contributed by atoms with Crippen molar-refractivity contribution in [2.45, 2.75) is 26.3 Å². The lowest BCUT2D eigenvalue weighted by molar-refractivity contribution is 0.534. The zero-order valence-electron chi connectivity index (χ0n) is 17.4. The average molecular weight is 413 g/mol. The number of fused-ring (bicyclic) bond motifs is 1. The van der Waals surface area contributed by atoms with E-state index in [0.29, 0.717) is 5.95 Å². The first kappa shape index (κ1) is 19.0. The molecular weight excluding hydrogens is 390 g/mol. The molecule has 5 aromatic rings. The minimum absolute atomic E-state index is 0.228. The van der Waals surface area contributed by atoms with Crippen molar-refractivity contribution < 1.29 is 0 Å². The second-order valence-corrected chi connectivity index (χ2v) is 7.65. The molecule has 3 N–H and O–H groups in total. The van der Waals surface area contributed by atoms with Crippen molar-refractivity contribution in [3.05, 3.63) is 60.9 Å². The van der Waals surface area contributed by atoms with Gasteiger partial charge in [-0.05, 0) is 44.0 Å². The van der Waals surface area contributed by atoms with Crippen LogP contribution in [-0.4, -0.2) is 46.5 Å². The maximum atomic E-state index is 4.85. The van der Waals surface area contributed by atoms with Gasteiger partial charge in [-0.15, -0.1) is 0 Å². The number of hydrogen-bond acceptors (Lipinski definition) is 6. The van der Waals surface area contributed by atoms with Gasteiger partial charge in [-0.1, -0.05) is 0 Å². The summed E-state index contributed by atoms with van der Waals surface area (Å²) in [5.74, 6) is 0.587. The van der Waals surface area contributed by atoms with Gasteiger partial charge in [-0.25, -0.2) is 15.0 Å². The minimum Gasteiger partial charge on any atom is -0.354 e. The molecule has 5 heterocycles. The summed E-state index contributed by atoms with van der Waals surface area (Å²) >= 11 is 0. The predicted molar refractivity (Wildman–Crippen MR) is 120 cm³/mol. The number of aromatic amines is 2. The number of hydrogen-bond donors (Lipinski definition) is 3. The first-order valence-electron chi connectivity index (χ1n) is 10.2. The molecular formula is C22H23N9. The van der Waals surface area contributed by atoms with Crippen molar-refractivity contribution in [3.8, 4) is 22.5 Å². The van der Waals surface area contributed by atoms with Crippen LogP contribution in [0.25, 0.3) is 33.5 Å². The summed E-state index contributed by atoms with van der Waals surface area (Å²) in [6.07, 6.45) is 12.1. The van der Waals surface area contributed by atoms with Crippen molar-refractivity contribution in [2.24, 2.45) is 0 Å². The lowest BCUT2D eigenvalue weighted by atomic mass is 10.1. The predicted octanol–water partition coefficient (Wildman–Crippen LogP) is 3.84. The summed E-state index contributed by atoms with van der Waals surface area (Å²) in [7, 11) is 0. The van der Waals surface area contributed by atoms with Gasteiger partial charge in [0.2, 0.25) is 5.95 Å². The SMILES string of the molecule is CC(C)n1cc(-c2ccnc(NCCc3cn[nH]c3)n2)c(-c2cnc3[nH]ccc3c2)n1. The fourth-order valence-electron chi connectivity index (χ4n) is 3.45. The topological polar surface area (TPSA) is 113 Å². The Morgan fingerprint density at radius 1 is 1.16 bits per heavy atom. The van der Waals surface area contributed by atoms with Crippen LogP contribution in [0.3, 0.4) is 0 Å². The van der Waals surface area contributed by atoms with Gasteiger partial charge in [0, 0.05) is 60.1 Å². The van der Waals surface area contributed by atoms with Crippen LogP contribution in [0.5, 0.6) is 0 Å². The Hall–Kier alpha value is -4.01. The molecule has 0 aliphatic heterocycles. The van der Waals surface area contributed by atoms with E-state index in [0.717, 1.165) is 52.1 Å². The van der Waals surface area contributed by atoms with Gasteiger partial charge in [0.15, 0.2) is 0 Å². The summed E-state index contributed by atoms with van der Waals surface area (Å²) in [6, 6.07) is 6.25. The standard InChI is InChI=1S/C22H23N9/c1-14(2)31-13-18(20(30-31)17-9-16-4-7-23-21(16)26-12-17)19-5-8-25-22(29-19)24-6-3-15-10-27-28-11-15/h4-5,7-14H,3,6H2,1-2H3,(H,23,26)(H,27,28)(H,24,25,29). The van der Waals surface area contributed by atoms with E-state index in [9.17, 15) is 0 Å². The Balaban J connectivity index is 1.47. The van der Waals surface area contributed by atoms with E-state index in [1.54, 1.807) is 6.20 Å². The summed E-state index contributed by atoms with van der Waals surface area (Å²) < 4.78 is 1.96. The number of nitrogens with one attached hydrogen (secondary N) is 3. The van der Waals surface area contributed by atoms with Gasteiger partial charge in [-0.3, -0.25) is 9.78 Å². The van der Waals surface area contributed by atoms with Crippen LogP contribution in [0.2, 0.25) is 0 Å². The number of H-pyrrole nitrogens is 2. The molecule has 9 nitrogen and oxygen atoms in total. The highest BCUT2D eigenvalue weighted by Gasteiger charge is 2.17. The van der Waals surface area contributed by atoms with Crippen molar-refractivity contribution in [2.75, 3.05) is 11.9 Å². The van der Waals surface area contributed by atoms with Gasteiger partial charge in [0.05, 0.1) is 11.9 Å². The molecule has 31 heavy (non-hydrogen) atoms. The summed E-state index contributed by atoms with van der Waals surface area (Å²) in [6.45, 7) is 4.93. The Labute approximate surface area is 179 Å². The number of aromatic nitrogens is 8. The van der Waals surface area contributed by atoms with E-state index in [2.05, 4.69) is 50.4 Å². The first-order valence-corrected chi connectivity index (χ1v) is 10.2. The normalized spacial score (nSPS) is 11.5. The molecule has 0 atom stereocenters. The molecule has 0 bridgehead atoms. The van der Waals surface area contributed by atoms with Crippen LogP contribution in [0.1, 0.15) is 25.5 Å². The van der Waals surface area contributed by atoms with Crippen molar-refractivity contribution in [1.29, 1.82) is 0 Å². The van der Waals surface area contributed by atoms with Gasteiger partial charge in [0.25, 0.3) is 0 Å². The molecule has 0 unspecified atom stereocenters. The smallest absolute Gasteiger partial charge is 0.223 e. The first-order chi connectivity index (χ1) is 15.2. The van der Waals surface area contributed by atoms with Crippen LogP contribution in [-0.2, 0) is 6.42 Å². The van der Waals surface area contributed by atoms with Crippen molar-refractivity contribution in [1.82, 2.24) is 39.9 Å². The molecule has 5 rings (SSSR count). The second kappa shape index (κ2) is 8.02. The molecule has 0 aromatic carbocycles. The molecule has 5 aromatic heterocycles. The minimum atomic E-state index is 0.228. The molecule has 0 spiro atoms. The third kappa shape index (κ3) is 3.89. The summed E-state index contributed by atoms with van der Waals surface area (Å²) in [5.41, 5.74) is 5.57. The van der Waals surface area contributed by atoms with Gasteiger partial charge in [-0.2, -0.15) is 10.2 Å². The lowest BCUT2D eigenvalue weighted by Crippen LogP contribution is -2.07. The highest BCUT2D eigenvalue weighted by Crippen LogP contribution is 2.32. The van der Waals surface area contributed by atoms with Crippen LogP contribution in [0.4, 0.5) is 5.95 Å². The Kier molecular flexibility index (Phi) is 4.91. The highest BCUT2D eigenvalue weighted by atomic mass is 15.3. The molecule has 0 aliphatic rings. The molecule has 0 saturated heterocycles. The van der Waals surface area contributed by atoms with Crippen LogP contribution in [0.15, 0.2) is 55.4 Å². The Morgan fingerprint density at radius 3 is 2.94 bits per heavy atom. The van der Waals surface area contributed by atoms with Gasteiger partial charge >= 0.3 is 0 Å². The monoisotopic (exact) mass is 413 g/mol. The number of nitrogens with zero attached hydrogens (tertiary/aromatic N) is 6. The quantitative estimate of drug-likeness (QED) is 0.374. The van der Waals surface area contributed by atoms with Gasteiger partial charge < -0.3 is 10.3 Å². The lowest BCUT2D eigenvalue weighted by Gasteiger charge is -2.06. The van der Waals surface area contributed by atoms with E-state index in [-0.39, 0.29) is 6.04 Å².